The van der Waals surface area contributed by atoms with Crippen molar-refractivity contribution in [2.75, 3.05) is 0 Å². The summed E-state index contributed by atoms with van der Waals surface area (Å²) >= 11 is 0. The Morgan fingerprint density at radius 2 is 1.26 bits per heavy atom. The van der Waals surface area contributed by atoms with Crippen molar-refractivity contribution in [2.24, 2.45) is 0 Å². The number of nitrogens with zero attached hydrogens (tertiary/aromatic N) is 1. The molecule has 0 aliphatic rings. The van der Waals surface area contributed by atoms with Gasteiger partial charge in [-0.1, -0.05) is 97.3 Å². The minimum Gasteiger partial charge on any atom is -0.478 e. The van der Waals surface area contributed by atoms with E-state index >= 15 is 0 Å². The van der Waals surface area contributed by atoms with Gasteiger partial charge in [-0.05, 0) is 25.3 Å². The Balaban J connectivity index is 2.19. The molecule has 27 heavy (non-hydrogen) atoms. The Kier molecular flexibility index (Phi) is 13.9. The van der Waals surface area contributed by atoms with Crippen molar-refractivity contribution in [1.82, 2.24) is 4.57 Å². The molecule has 1 aromatic heterocycles. The summed E-state index contributed by atoms with van der Waals surface area (Å²) in [5.74, 6) is -0.803. The van der Waals surface area contributed by atoms with Gasteiger partial charge in [0.25, 0.3) is 0 Å². The highest BCUT2D eigenvalue weighted by molar-refractivity contribution is 5.87. The summed E-state index contributed by atoms with van der Waals surface area (Å²) in [4.78, 5) is 11.3. The zero-order valence-electron chi connectivity index (χ0n) is 18.0. The summed E-state index contributed by atoms with van der Waals surface area (Å²) in [5.41, 5.74) is 1.66. The molecule has 3 heteroatoms. The number of aromatic carboxylic acids is 1. The van der Waals surface area contributed by atoms with Crippen molar-refractivity contribution in [2.45, 2.75) is 123 Å². The molecule has 0 radical (unpaired) electrons. The van der Waals surface area contributed by atoms with Crippen LogP contribution in [-0.2, 0) is 13.0 Å². The second kappa shape index (κ2) is 15.8. The summed E-state index contributed by atoms with van der Waals surface area (Å²) in [5, 5.41) is 9.28. The molecule has 0 aliphatic heterocycles. The van der Waals surface area contributed by atoms with Gasteiger partial charge < -0.3 is 9.67 Å². The normalized spacial score (nSPS) is 11.2. The molecule has 0 atom stereocenters. The summed E-state index contributed by atoms with van der Waals surface area (Å²) in [6, 6.07) is 1.89. The molecule has 3 nitrogen and oxygen atoms in total. The summed E-state index contributed by atoms with van der Waals surface area (Å²) in [6.45, 7) is 5.45. The van der Waals surface area contributed by atoms with Crippen molar-refractivity contribution < 1.29 is 9.90 Å². The topological polar surface area (TPSA) is 42.2 Å². The van der Waals surface area contributed by atoms with Gasteiger partial charge in [0.1, 0.15) is 0 Å². The summed E-state index contributed by atoms with van der Waals surface area (Å²) in [6.07, 6.45) is 22.6. The zero-order chi connectivity index (χ0) is 19.7. The monoisotopic (exact) mass is 377 g/mol. The molecule has 1 heterocycles. The maximum absolute atomic E-state index is 11.3. The van der Waals surface area contributed by atoms with Gasteiger partial charge in [-0.25, -0.2) is 4.79 Å². The minimum absolute atomic E-state index is 0.448. The molecule has 0 aromatic carbocycles. The first kappa shape index (κ1) is 23.8. The van der Waals surface area contributed by atoms with Gasteiger partial charge in [-0.2, -0.15) is 0 Å². The lowest BCUT2D eigenvalue weighted by Crippen LogP contribution is -2.02. The maximum atomic E-state index is 11.3. The number of aryl methyl sites for hydroxylation is 2. The smallest absolute Gasteiger partial charge is 0.337 e. The molecule has 0 saturated heterocycles. The molecule has 0 unspecified atom stereocenters. The first-order valence-electron chi connectivity index (χ1n) is 11.6. The quantitative estimate of drug-likeness (QED) is 0.267. The van der Waals surface area contributed by atoms with Crippen LogP contribution < -0.4 is 0 Å². The number of aromatic nitrogens is 1. The van der Waals surface area contributed by atoms with Gasteiger partial charge in [0.2, 0.25) is 0 Å². The van der Waals surface area contributed by atoms with Gasteiger partial charge >= 0.3 is 5.97 Å². The van der Waals surface area contributed by atoms with Crippen molar-refractivity contribution >= 4 is 5.97 Å². The largest absolute Gasteiger partial charge is 0.478 e. The van der Waals surface area contributed by atoms with Gasteiger partial charge in [-0.15, -0.1) is 0 Å². The standard InChI is InChI=1S/C24H43NO2/c1-3-5-7-9-10-11-12-13-14-15-16-18-23-20-22(24(26)27)21-25(23)19-17-8-6-4-2/h20-21H,3-19H2,1-2H3,(H,26,27). The number of carbonyl (C=O) groups is 1. The van der Waals surface area contributed by atoms with Crippen LogP contribution in [0.3, 0.4) is 0 Å². The van der Waals surface area contributed by atoms with Crippen molar-refractivity contribution in [3.05, 3.63) is 23.5 Å². The third-order valence-corrected chi connectivity index (χ3v) is 5.52. The van der Waals surface area contributed by atoms with Crippen molar-refractivity contribution in [3.8, 4) is 0 Å². The first-order chi connectivity index (χ1) is 13.2. The van der Waals surface area contributed by atoms with E-state index in [2.05, 4.69) is 18.4 Å². The Labute approximate surface area is 167 Å². The van der Waals surface area contributed by atoms with Gasteiger partial charge in [0.15, 0.2) is 0 Å². The Morgan fingerprint density at radius 3 is 1.78 bits per heavy atom. The average Bonchev–Trinajstić information content (AvgIpc) is 3.07. The fourth-order valence-corrected chi connectivity index (χ4v) is 3.77. The van der Waals surface area contributed by atoms with E-state index in [4.69, 9.17) is 0 Å². The highest BCUT2D eigenvalue weighted by Gasteiger charge is 2.10. The van der Waals surface area contributed by atoms with E-state index < -0.39 is 5.97 Å². The van der Waals surface area contributed by atoms with Gasteiger partial charge in [0, 0.05) is 18.4 Å². The summed E-state index contributed by atoms with van der Waals surface area (Å²) < 4.78 is 2.19. The number of carboxylic acid groups (broad SMARTS) is 1. The number of rotatable bonds is 18. The fourth-order valence-electron chi connectivity index (χ4n) is 3.77. The average molecular weight is 378 g/mol. The zero-order valence-corrected chi connectivity index (χ0v) is 18.0. The van der Waals surface area contributed by atoms with Crippen LogP contribution >= 0.6 is 0 Å². The van der Waals surface area contributed by atoms with Crippen molar-refractivity contribution in [1.29, 1.82) is 0 Å². The van der Waals surface area contributed by atoms with Crippen LogP contribution in [0.15, 0.2) is 12.3 Å². The van der Waals surface area contributed by atoms with E-state index in [-0.39, 0.29) is 0 Å². The second-order valence-electron chi connectivity index (χ2n) is 8.06. The highest BCUT2D eigenvalue weighted by atomic mass is 16.4. The van der Waals surface area contributed by atoms with Gasteiger partial charge in [0.05, 0.1) is 5.56 Å². The molecular formula is C24H43NO2. The van der Waals surface area contributed by atoms with E-state index in [9.17, 15) is 9.90 Å². The predicted octanol–water partition coefficient (Wildman–Crippen LogP) is 7.62. The molecule has 1 rings (SSSR count). The lowest BCUT2D eigenvalue weighted by atomic mass is 10.0. The van der Waals surface area contributed by atoms with Crippen LogP contribution in [0.2, 0.25) is 0 Å². The summed E-state index contributed by atoms with van der Waals surface area (Å²) in [7, 11) is 0. The first-order valence-corrected chi connectivity index (χ1v) is 11.6. The van der Waals surface area contributed by atoms with Gasteiger partial charge in [-0.3, -0.25) is 0 Å². The Morgan fingerprint density at radius 1 is 0.778 bits per heavy atom. The molecule has 0 amide bonds. The molecule has 0 aliphatic carbocycles. The Bertz CT molecular complexity index is 493. The SMILES string of the molecule is CCCCCCCCCCCCCc1cc(C(=O)O)cn1CCCCCC. The highest BCUT2D eigenvalue weighted by Crippen LogP contribution is 2.16. The Hall–Kier alpha value is -1.25. The fraction of sp³-hybridized carbons (Fsp3) is 0.792. The van der Waals surface area contributed by atoms with Crippen LogP contribution in [0.25, 0.3) is 0 Å². The minimum atomic E-state index is -0.803. The van der Waals surface area contributed by atoms with Crippen molar-refractivity contribution in [3.63, 3.8) is 0 Å². The number of carboxylic acids is 1. The van der Waals surface area contributed by atoms with E-state index in [1.54, 1.807) is 0 Å². The van der Waals surface area contributed by atoms with Crippen LogP contribution in [0.5, 0.6) is 0 Å². The van der Waals surface area contributed by atoms with Crippen LogP contribution in [-0.4, -0.2) is 15.6 Å². The maximum Gasteiger partial charge on any atom is 0.337 e. The molecule has 0 fully saturated rings. The predicted molar refractivity (Wildman–Crippen MR) is 116 cm³/mol. The van der Waals surface area contributed by atoms with E-state index in [0.717, 1.165) is 19.4 Å². The molecular weight excluding hydrogens is 334 g/mol. The van der Waals surface area contributed by atoms with E-state index in [1.807, 2.05) is 12.3 Å². The molecule has 0 spiro atoms. The number of unbranched alkanes of at least 4 members (excludes halogenated alkanes) is 13. The lowest BCUT2D eigenvalue weighted by Gasteiger charge is -2.09. The van der Waals surface area contributed by atoms with E-state index in [1.165, 1.54) is 95.6 Å². The molecule has 0 saturated carbocycles. The number of hydrogen-bond acceptors (Lipinski definition) is 1. The van der Waals surface area contributed by atoms with Crippen LogP contribution in [0.4, 0.5) is 0 Å². The molecule has 156 valence electrons. The van der Waals surface area contributed by atoms with E-state index in [0.29, 0.717) is 5.56 Å². The molecule has 1 N–H and O–H groups in total. The second-order valence-corrected chi connectivity index (χ2v) is 8.06. The molecule has 1 aromatic rings. The third kappa shape index (κ3) is 11.2. The van der Waals surface area contributed by atoms with Crippen LogP contribution in [0, 0.1) is 0 Å². The molecule has 0 bridgehead atoms. The third-order valence-electron chi connectivity index (χ3n) is 5.52. The van der Waals surface area contributed by atoms with Crippen LogP contribution in [0.1, 0.15) is 126 Å². The number of hydrogen-bond donors (Lipinski definition) is 1. The lowest BCUT2D eigenvalue weighted by molar-refractivity contribution is 0.0697.